The number of para-hydroxylation sites is 1. The van der Waals surface area contributed by atoms with Gasteiger partial charge in [-0.1, -0.05) is 39.0 Å². The van der Waals surface area contributed by atoms with Crippen molar-refractivity contribution >= 4 is 11.6 Å². The van der Waals surface area contributed by atoms with E-state index in [1.807, 2.05) is 18.2 Å². The van der Waals surface area contributed by atoms with Gasteiger partial charge in [-0.25, -0.2) is 0 Å². The van der Waals surface area contributed by atoms with Gasteiger partial charge in [0.1, 0.15) is 5.75 Å². The molecule has 1 N–H and O–H groups in total. The second kappa shape index (κ2) is 3.59. The van der Waals surface area contributed by atoms with E-state index >= 15 is 0 Å². The standard InChI is InChI=1S/C11H15ClO/c1-11(2,3)9-6-4-5-8(7-12)10(9)13/h4-6,13H,7H2,1-3H3. The molecule has 0 fully saturated rings. The molecule has 1 aromatic rings. The number of phenolic OH excluding ortho intramolecular Hbond substituents is 1. The van der Waals surface area contributed by atoms with Crippen molar-refractivity contribution in [1.29, 1.82) is 0 Å². The van der Waals surface area contributed by atoms with Gasteiger partial charge in [-0.3, -0.25) is 0 Å². The van der Waals surface area contributed by atoms with E-state index in [0.717, 1.165) is 11.1 Å². The third kappa shape index (κ3) is 2.16. The van der Waals surface area contributed by atoms with E-state index in [2.05, 4.69) is 20.8 Å². The molecule has 0 aliphatic rings. The number of aromatic hydroxyl groups is 1. The summed E-state index contributed by atoms with van der Waals surface area (Å²) in [5.74, 6) is 0.695. The predicted molar refractivity (Wildman–Crippen MR) is 56.4 cm³/mol. The molecule has 0 unspecified atom stereocenters. The third-order valence-corrected chi connectivity index (χ3v) is 2.36. The van der Waals surface area contributed by atoms with E-state index < -0.39 is 0 Å². The maximum Gasteiger partial charge on any atom is 0.123 e. The summed E-state index contributed by atoms with van der Waals surface area (Å²) in [5.41, 5.74) is 1.71. The molecule has 0 radical (unpaired) electrons. The molecule has 0 aliphatic carbocycles. The van der Waals surface area contributed by atoms with Crippen LogP contribution in [0.15, 0.2) is 18.2 Å². The van der Waals surface area contributed by atoms with E-state index in [0.29, 0.717) is 11.6 Å². The Bertz CT molecular complexity index is 299. The second-order valence-corrected chi connectivity index (χ2v) is 4.46. The summed E-state index contributed by atoms with van der Waals surface area (Å²) in [6, 6.07) is 5.71. The topological polar surface area (TPSA) is 20.2 Å². The summed E-state index contributed by atoms with van der Waals surface area (Å²) in [5, 5.41) is 9.84. The molecule has 1 rings (SSSR count). The highest BCUT2D eigenvalue weighted by Gasteiger charge is 2.18. The first kappa shape index (κ1) is 10.4. The van der Waals surface area contributed by atoms with Crippen molar-refractivity contribution in [3.8, 4) is 5.75 Å². The summed E-state index contributed by atoms with van der Waals surface area (Å²) in [7, 11) is 0. The first-order chi connectivity index (χ1) is 5.96. The van der Waals surface area contributed by atoms with Gasteiger partial charge in [-0.05, 0) is 11.0 Å². The van der Waals surface area contributed by atoms with Crippen molar-refractivity contribution < 1.29 is 5.11 Å². The number of alkyl halides is 1. The predicted octanol–water partition coefficient (Wildman–Crippen LogP) is 3.43. The highest BCUT2D eigenvalue weighted by molar-refractivity contribution is 6.17. The Hall–Kier alpha value is -0.690. The lowest BCUT2D eigenvalue weighted by atomic mass is 9.85. The fraction of sp³-hybridized carbons (Fsp3) is 0.455. The number of hydrogen-bond acceptors (Lipinski definition) is 1. The number of halogens is 1. The van der Waals surface area contributed by atoms with Gasteiger partial charge in [-0.2, -0.15) is 0 Å². The Labute approximate surface area is 84.4 Å². The third-order valence-electron chi connectivity index (χ3n) is 2.07. The number of phenols is 1. The van der Waals surface area contributed by atoms with Crippen LogP contribution in [0.25, 0.3) is 0 Å². The average Bonchev–Trinajstić information content (AvgIpc) is 2.02. The van der Waals surface area contributed by atoms with E-state index in [1.165, 1.54) is 0 Å². The van der Waals surface area contributed by atoms with Gasteiger partial charge in [0, 0.05) is 5.56 Å². The van der Waals surface area contributed by atoms with Crippen LogP contribution in [0.4, 0.5) is 0 Å². The van der Waals surface area contributed by atoms with Crippen molar-refractivity contribution in [2.24, 2.45) is 0 Å². The smallest absolute Gasteiger partial charge is 0.123 e. The molecule has 1 nitrogen and oxygen atoms in total. The van der Waals surface area contributed by atoms with Gasteiger partial charge in [0.2, 0.25) is 0 Å². The van der Waals surface area contributed by atoms with Crippen molar-refractivity contribution in [1.82, 2.24) is 0 Å². The van der Waals surface area contributed by atoms with Gasteiger partial charge in [0.15, 0.2) is 0 Å². The molecule has 0 heterocycles. The molecule has 1 aromatic carbocycles. The van der Waals surface area contributed by atoms with Crippen molar-refractivity contribution in [3.05, 3.63) is 29.3 Å². The molecule has 0 atom stereocenters. The summed E-state index contributed by atoms with van der Waals surface area (Å²) >= 11 is 5.69. The Morgan fingerprint density at radius 2 is 1.92 bits per heavy atom. The van der Waals surface area contributed by atoms with Crippen LogP contribution in [-0.2, 0) is 11.3 Å². The van der Waals surface area contributed by atoms with Crippen LogP contribution in [0.2, 0.25) is 0 Å². The summed E-state index contributed by atoms with van der Waals surface area (Å²) < 4.78 is 0. The van der Waals surface area contributed by atoms with Crippen LogP contribution >= 0.6 is 11.6 Å². The summed E-state index contributed by atoms with van der Waals surface area (Å²) in [4.78, 5) is 0. The molecule has 0 saturated heterocycles. The minimum atomic E-state index is -0.0356. The second-order valence-electron chi connectivity index (χ2n) is 4.20. The van der Waals surface area contributed by atoms with Crippen molar-refractivity contribution in [3.63, 3.8) is 0 Å². The lowest BCUT2D eigenvalue weighted by molar-refractivity contribution is 0.442. The Morgan fingerprint density at radius 3 is 2.38 bits per heavy atom. The van der Waals surface area contributed by atoms with E-state index in [1.54, 1.807) is 0 Å². The maximum atomic E-state index is 9.84. The molecule has 13 heavy (non-hydrogen) atoms. The van der Waals surface area contributed by atoms with E-state index in [-0.39, 0.29) is 5.41 Å². The lowest BCUT2D eigenvalue weighted by Gasteiger charge is -2.21. The number of rotatable bonds is 1. The molecule has 0 bridgehead atoms. The van der Waals surface area contributed by atoms with Gasteiger partial charge in [-0.15, -0.1) is 11.6 Å². The molecular weight excluding hydrogens is 184 g/mol. The Kier molecular flexibility index (Phi) is 2.87. The molecule has 0 spiro atoms. The number of benzene rings is 1. The van der Waals surface area contributed by atoms with Gasteiger partial charge < -0.3 is 5.11 Å². The molecule has 72 valence electrons. The van der Waals surface area contributed by atoms with Crippen LogP contribution in [-0.4, -0.2) is 5.11 Å². The summed E-state index contributed by atoms with van der Waals surface area (Å²) in [6.45, 7) is 6.21. The SMILES string of the molecule is CC(C)(C)c1cccc(CCl)c1O. The van der Waals surface area contributed by atoms with Gasteiger partial charge >= 0.3 is 0 Å². The zero-order chi connectivity index (χ0) is 10.1. The highest BCUT2D eigenvalue weighted by atomic mass is 35.5. The molecule has 0 amide bonds. The van der Waals surface area contributed by atoms with Crippen LogP contribution in [0.3, 0.4) is 0 Å². The zero-order valence-corrected chi connectivity index (χ0v) is 9.02. The Morgan fingerprint density at radius 1 is 1.31 bits per heavy atom. The molecule has 0 aromatic heterocycles. The number of hydrogen-bond donors (Lipinski definition) is 1. The highest BCUT2D eigenvalue weighted by Crippen LogP contribution is 2.33. The monoisotopic (exact) mass is 198 g/mol. The fourth-order valence-corrected chi connectivity index (χ4v) is 1.52. The average molecular weight is 199 g/mol. The molecular formula is C11H15ClO. The van der Waals surface area contributed by atoms with Gasteiger partial charge in [0.25, 0.3) is 0 Å². The minimum Gasteiger partial charge on any atom is -0.507 e. The first-order valence-corrected chi connectivity index (χ1v) is 4.87. The van der Waals surface area contributed by atoms with E-state index in [9.17, 15) is 5.11 Å². The van der Waals surface area contributed by atoms with Crippen LogP contribution < -0.4 is 0 Å². The van der Waals surface area contributed by atoms with Crippen LogP contribution in [0.5, 0.6) is 5.75 Å². The van der Waals surface area contributed by atoms with Crippen molar-refractivity contribution in [2.75, 3.05) is 0 Å². The fourth-order valence-electron chi connectivity index (χ4n) is 1.30. The van der Waals surface area contributed by atoms with Crippen molar-refractivity contribution in [2.45, 2.75) is 32.1 Å². The van der Waals surface area contributed by atoms with Crippen LogP contribution in [0.1, 0.15) is 31.9 Å². The zero-order valence-electron chi connectivity index (χ0n) is 8.26. The normalized spacial score (nSPS) is 11.7. The molecule has 0 aliphatic heterocycles. The summed E-state index contributed by atoms with van der Waals surface area (Å²) in [6.07, 6.45) is 0. The molecule has 2 heteroatoms. The van der Waals surface area contributed by atoms with Crippen LogP contribution in [0, 0.1) is 0 Å². The largest absolute Gasteiger partial charge is 0.507 e. The molecule has 0 saturated carbocycles. The quantitative estimate of drug-likeness (QED) is 0.686. The lowest BCUT2D eigenvalue weighted by Crippen LogP contribution is -2.11. The van der Waals surface area contributed by atoms with Gasteiger partial charge in [0.05, 0.1) is 5.88 Å². The minimum absolute atomic E-state index is 0.0356. The maximum absolute atomic E-state index is 9.84. The first-order valence-electron chi connectivity index (χ1n) is 4.34. The van der Waals surface area contributed by atoms with E-state index in [4.69, 9.17) is 11.6 Å². The Balaban J connectivity index is 3.24.